The number of aliphatic hydroxyl groups is 2. The van der Waals surface area contributed by atoms with Gasteiger partial charge in [0.15, 0.2) is 0 Å². The second kappa shape index (κ2) is 25.8. The summed E-state index contributed by atoms with van der Waals surface area (Å²) in [4.78, 5) is 105. The number of phenols is 1. The number of aliphatic hydroxyl groups excluding tert-OH is 2. The van der Waals surface area contributed by atoms with Crippen LogP contribution in [0.3, 0.4) is 0 Å². The lowest BCUT2D eigenvalue weighted by molar-refractivity contribution is -0.160. The molecule has 1 unspecified atom stereocenters. The predicted molar refractivity (Wildman–Crippen MR) is 322 cm³/mol. The number of benzene rings is 2. The molecule has 22 nitrogen and oxygen atoms in total. The maximum Gasteiger partial charge on any atom is 0.341 e. The number of nitrogens with zero attached hydrogens (tertiary/aromatic N) is 4. The number of carbonyl (C=O) groups excluding carboxylic acids is 5. The third-order valence-corrected chi connectivity index (χ3v) is 18.2. The van der Waals surface area contributed by atoms with E-state index in [0.717, 1.165) is 18.9 Å². The highest BCUT2D eigenvalue weighted by Crippen LogP contribution is 2.50. The van der Waals surface area contributed by atoms with Gasteiger partial charge in [-0.25, -0.2) is 9.18 Å². The number of methoxy groups -OCH3 is 1. The van der Waals surface area contributed by atoms with E-state index in [0.29, 0.717) is 28.5 Å². The lowest BCUT2D eigenvalue weighted by atomic mass is 9.78. The number of Topliss-reactive ketones (excluding diaryl/α,β-unsaturated/α-hetero) is 2. The molecule has 3 aromatic rings. The molecule has 0 spiro atoms. The van der Waals surface area contributed by atoms with E-state index < -0.39 is 123 Å². The molecular formula is C62H74FIN6O16. The summed E-state index contributed by atoms with van der Waals surface area (Å²) in [6.07, 6.45) is 6.44. The van der Waals surface area contributed by atoms with Crippen LogP contribution >= 0.6 is 22.6 Å². The Morgan fingerprint density at radius 2 is 1.65 bits per heavy atom. The van der Waals surface area contributed by atoms with Gasteiger partial charge < -0.3 is 69.1 Å². The predicted octanol–water partition coefficient (Wildman–Crippen LogP) is 6.10. The summed E-state index contributed by atoms with van der Waals surface area (Å²) in [6, 6.07) is 0.611. The number of hydrogen-bond donors (Lipinski definition) is 6. The van der Waals surface area contributed by atoms with Gasteiger partial charge in [-0.2, -0.15) is 0 Å². The van der Waals surface area contributed by atoms with Crippen molar-refractivity contribution < 1.29 is 77.3 Å². The third-order valence-electron chi connectivity index (χ3n) is 17.4. The minimum atomic E-state index is -1.96. The number of phenolic OH excluding ortho intramolecular Hbond substituents is 1. The van der Waals surface area contributed by atoms with E-state index in [1.165, 1.54) is 59.4 Å². The minimum Gasteiger partial charge on any atom is -0.507 e. The normalized spacial score (nSPS) is 29.3. The number of carboxylic acid groups (broad SMARTS) is 1. The maximum atomic E-state index is 16.4. The molecule has 10 atom stereocenters. The number of halogens is 2. The van der Waals surface area contributed by atoms with Crippen molar-refractivity contribution in [2.45, 2.75) is 128 Å². The molecule has 6 N–H and O–H groups in total. The van der Waals surface area contributed by atoms with Crippen LogP contribution in [0.25, 0.3) is 10.9 Å². The summed E-state index contributed by atoms with van der Waals surface area (Å²) in [6.45, 7) is 13.6. The molecule has 462 valence electrons. The number of morpholine rings is 1. The van der Waals surface area contributed by atoms with Crippen molar-refractivity contribution in [1.29, 1.82) is 0 Å². The molecule has 7 aliphatic rings. The first-order valence-electron chi connectivity index (χ1n) is 28.9. The Hall–Kier alpha value is -7.00. The van der Waals surface area contributed by atoms with Crippen molar-refractivity contribution in [3.8, 4) is 11.5 Å². The molecule has 86 heavy (non-hydrogen) atoms. The monoisotopic (exact) mass is 1300 g/mol. The minimum absolute atomic E-state index is 0.00205. The first-order chi connectivity index (χ1) is 40.8. The van der Waals surface area contributed by atoms with Crippen LogP contribution < -0.4 is 25.7 Å². The number of aromatic nitrogens is 1. The molecule has 5 bridgehead atoms. The molecule has 2 saturated heterocycles. The summed E-state index contributed by atoms with van der Waals surface area (Å²) in [5.74, 6) is -10.9. The zero-order valence-corrected chi connectivity index (χ0v) is 51.7. The van der Waals surface area contributed by atoms with Gasteiger partial charge in [0.1, 0.15) is 46.1 Å². The Kier molecular flexibility index (Phi) is 19.0. The Bertz CT molecular complexity index is 3490. The number of aliphatic imine (C=N–C) groups is 1. The number of fused-ring (bicyclic) bond motifs is 15. The average Bonchev–Trinajstić information content (AvgIpc) is 1.46. The van der Waals surface area contributed by atoms with Crippen LogP contribution in [0.4, 0.5) is 10.1 Å². The largest absolute Gasteiger partial charge is 0.507 e. The molecule has 2 aliphatic carbocycles. The highest BCUT2D eigenvalue weighted by atomic mass is 127. The van der Waals surface area contributed by atoms with E-state index in [1.54, 1.807) is 49.3 Å². The Balaban J connectivity index is 1.08. The molecule has 0 radical (unpaired) electrons. The van der Waals surface area contributed by atoms with Crippen molar-refractivity contribution in [3.05, 3.63) is 109 Å². The van der Waals surface area contributed by atoms with E-state index >= 15 is 14.0 Å². The summed E-state index contributed by atoms with van der Waals surface area (Å²) in [5, 5.41) is 50.9. The number of hydrogen-bond acceptors (Lipinski definition) is 18. The van der Waals surface area contributed by atoms with Gasteiger partial charge in [-0.1, -0.05) is 68.5 Å². The quantitative estimate of drug-likeness (QED) is 0.0718. The number of pyridine rings is 1. The second-order valence-corrected chi connectivity index (χ2v) is 24.1. The number of carboxylic acids is 1. The van der Waals surface area contributed by atoms with Gasteiger partial charge in [0, 0.05) is 129 Å². The van der Waals surface area contributed by atoms with Crippen LogP contribution in [-0.2, 0) is 37.8 Å². The van der Waals surface area contributed by atoms with Crippen LogP contribution in [-0.4, -0.2) is 160 Å². The number of anilines is 1. The van der Waals surface area contributed by atoms with Gasteiger partial charge in [0.25, 0.3) is 11.7 Å². The van der Waals surface area contributed by atoms with Gasteiger partial charge in [-0.3, -0.25) is 33.8 Å². The smallest absolute Gasteiger partial charge is 0.341 e. The van der Waals surface area contributed by atoms with E-state index in [4.69, 9.17) is 28.7 Å². The first-order valence-corrected chi connectivity index (χ1v) is 30.5. The molecule has 10 rings (SSSR count). The molecule has 2 aromatic carbocycles. The fraction of sp³-hybridized carbons (Fsp3) is 0.516. The summed E-state index contributed by atoms with van der Waals surface area (Å²) >= 11 is 2.11. The average molecular weight is 1310 g/mol. The Labute approximate surface area is 510 Å². The van der Waals surface area contributed by atoms with Crippen molar-refractivity contribution in [3.63, 3.8) is 0 Å². The van der Waals surface area contributed by atoms with Gasteiger partial charge in [0.2, 0.25) is 22.9 Å². The number of ether oxygens (including phenoxy) is 5. The summed E-state index contributed by atoms with van der Waals surface area (Å²) in [7, 11) is 1.43. The number of aromatic hydroxyl groups is 1. The summed E-state index contributed by atoms with van der Waals surface area (Å²) in [5.41, 5.74) is -1.07. The van der Waals surface area contributed by atoms with Gasteiger partial charge in [-0.05, 0) is 45.3 Å². The summed E-state index contributed by atoms with van der Waals surface area (Å²) < 4.78 is 49.0. The van der Waals surface area contributed by atoms with Gasteiger partial charge in [-0.15, -0.1) is 0 Å². The molecule has 6 heterocycles. The zero-order valence-electron chi connectivity index (χ0n) is 49.5. The number of aromatic carboxylic acids is 1. The lowest BCUT2D eigenvalue weighted by Gasteiger charge is -2.38. The molecule has 1 aromatic heterocycles. The number of allylic oxidation sites excluding steroid dienone is 4. The van der Waals surface area contributed by atoms with Crippen molar-refractivity contribution in [2.75, 3.05) is 57.9 Å². The van der Waals surface area contributed by atoms with Crippen LogP contribution in [0.2, 0.25) is 0 Å². The number of carbonyl (C=O) groups is 6. The van der Waals surface area contributed by atoms with Crippen molar-refractivity contribution in [1.82, 2.24) is 20.1 Å². The molecular weight excluding hydrogens is 1230 g/mol. The van der Waals surface area contributed by atoms with Crippen LogP contribution in [0.5, 0.6) is 11.5 Å². The number of rotatable bonds is 11. The topological polar surface area (TPSA) is 294 Å². The van der Waals surface area contributed by atoms with E-state index in [9.17, 15) is 44.4 Å². The van der Waals surface area contributed by atoms with E-state index in [-0.39, 0.29) is 108 Å². The Morgan fingerprint density at radius 3 is 2.30 bits per heavy atom. The number of nitrogens with one attached hydrogen (secondary N) is 2. The van der Waals surface area contributed by atoms with Crippen LogP contribution in [0, 0.1) is 36.4 Å². The van der Waals surface area contributed by atoms with Gasteiger partial charge in [0.05, 0.1) is 65.7 Å². The molecule has 5 aliphatic heterocycles. The van der Waals surface area contributed by atoms with Crippen LogP contribution in [0.15, 0.2) is 69.6 Å². The van der Waals surface area contributed by atoms with Gasteiger partial charge >= 0.3 is 11.9 Å². The van der Waals surface area contributed by atoms with Crippen molar-refractivity contribution >= 4 is 80.2 Å². The molecule has 2 amide bonds. The number of ketones is 2. The molecule has 24 heteroatoms. The number of esters is 1. The third kappa shape index (κ3) is 12.2. The van der Waals surface area contributed by atoms with Crippen LogP contribution in [0.1, 0.15) is 128 Å². The number of amides is 2. The lowest BCUT2D eigenvalue weighted by Crippen LogP contribution is -2.46. The highest BCUT2D eigenvalue weighted by molar-refractivity contribution is 14.1. The van der Waals surface area contributed by atoms with E-state index in [1.807, 2.05) is 4.90 Å². The fourth-order valence-electron chi connectivity index (χ4n) is 12.5. The molecule has 3 fully saturated rings. The van der Waals surface area contributed by atoms with Crippen molar-refractivity contribution in [2.24, 2.45) is 28.7 Å². The first kappa shape index (κ1) is 63.5. The standard InChI is InChI=1S/C62H74FIN6O16/c1-29-11-10-12-30(2)60(79)67-47-50(68-20-23-83-24-21-68)56(78)44-45(55(47)77)53(75)34(6)58-46(44)59(62(8,86-58)84-22-17-42(82-9)31(3)57(85-35(7)71)33(5)52(74)32(4)51(29)73)65-18-15-43(72)66-36-16-19-69(27-36)49-39(26-64)48-38(25-41(49)63)54(76)40(61(80)81)28-70(48)37-13-14-37/h10-12,17,22,25,28-29,31-33,36-37,42,51-52,57,73-75H,13-16,18-21,23-24,26-27H2,1-9H3,(H,66,72)(H,67,79)(H,80,81)/b11-10+,22-17+,30-12-,65-59-/t29-,31+,32+,33+,36?,42-,51-,52+,57+,62-/m0/s1. The fourth-order valence-corrected chi connectivity index (χ4v) is 13.2. The highest BCUT2D eigenvalue weighted by Gasteiger charge is 2.52. The number of alkyl halides is 1. The maximum absolute atomic E-state index is 16.4. The molecule has 1 saturated carbocycles. The SMILES string of the molecule is CO[C@H]1/C=C/O[C@@]2(C)Oc3c(C)c(O)c4c(c3/C2=N/CCC(=O)NC2CCN(c3c(F)cc5c(=O)c(C(=O)O)cn(C6CC6)c5c3CI)C2)C(=O)C(N2CCOCC2)=C(NC(=O)/C(C)=C\C=C\[C@H](C)[C@H](O)[C@@H](C)[C@@H](O)[C@@H](C)[C@H](OC(C)=O)[C@@H]1C)C4=O. The Morgan fingerprint density at radius 1 is 0.942 bits per heavy atom. The van der Waals surface area contributed by atoms with E-state index in [2.05, 4.69) is 33.2 Å². The zero-order chi connectivity index (χ0) is 62.4. The second-order valence-electron chi connectivity index (χ2n) is 23.3.